The largest absolute Gasteiger partial charge is 0.478 e. The summed E-state index contributed by atoms with van der Waals surface area (Å²) in [6.45, 7) is 3.11. The van der Waals surface area contributed by atoms with Gasteiger partial charge >= 0.3 is 5.97 Å². The minimum absolute atomic E-state index is 0.113. The fourth-order valence-corrected chi connectivity index (χ4v) is 1.13. The van der Waals surface area contributed by atoms with Crippen molar-refractivity contribution in [3.8, 4) is 0 Å². The molecule has 0 aromatic heterocycles. The van der Waals surface area contributed by atoms with Crippen molar-refractivity contribution in [3.63, 3.8) is 0 Å². The summed E-state index contributed by atoms with van der Waals surface area (Å²) in [7, 11) is 0. The van der Waals surface area contributed by atoms with Crippen LogP contribution in [-0.2, 0) is 9.59 Å². The highest BCUT2D eigenvalue weighted by Crippen LogP contribution is 2.10. The molecule has 2 N–H and O–H groups in total. The van der Waals surface area contributed by atoms with Crippen molar-refractivity contribution >= 4 is 11.8 Å². The molecule has 0 amide bonds. The summed E-state index contributed by atoms with van der Waals surface area (Å²) in [4.78, 5) is 22.0. The zero-order valence-corrected chi connectivity index (χ0v) is 9.25. The second kappa shape index (κ2) is 7.17. The number of carboxylic acid groups (broad SMARTS) is 1. The molecular weight excluding hydrogens is 196 g/mol. The molecule has 86 valence electrons. The Hall–Kier alpha value is -1.16. The van der Waals surface area contributed by atoms with Crippen LogP contribution in [0, 0.1) is 0 Å². The fourth-order valence-electron chi connectivity index (χ4n) is 1.13. The highest BCUT2D eigenvalue weighted by Gasteiger charge is 2.11. The Labute approximate surface area is 89.6 Å². The van der Waals surface area contributed by atoms with Crippen LogP contribution in [0.2, 0.25) is 0 Å². The number of ketones is 1. The van der Waals surface area contributed by atoms with E-state index in [1.54, 1.807) is 0 Å². The molecule has 0 bridgehead atoms. The van der Waals surface area contributed by atoms with Gasteiger partial charge in [0.2, 0.25) is 0 Å². The van der Waals surface area contributed by atoms with Crippen molar-refractivity contribution in [1.29, 1.82) is 0 Å². The number of aliphatic carboxylic acids is 1. The van der Waals surface area contributed by atoms with Crippen molar-refractivity contribution in [2.24, 2.45) is 0 Å². The van der Waals surface area contributed by atoms with Crippen LogP contribution in [0.5, 0.6) is 0 Å². The molecule has 0 spiro atoms. The van der Waals surface area contributed by atoms with Crippen molar-refractivity contribution in [2.75, 3.05) is 6.61 Å². The lowest BCUT2D eigenvalue weighted by atomic mass is 10.0. The highest BCUT2D eigenvalue weighted by molar-refractivity contribution is 6.02. The third-order valence-electron chi connectivity index (χ3n) is 2.36. The van der Waals surface area contributed by atoms with E-state index in [1.165, 1.54) is 13.8 Å². The molecule has 0 aliphatic carbocycles. The van der Waals surface area contributed by atoms with E-state index < -0.39 is 5.97 Å². The summed E-state index contributed by atoms with van der Waals surface area (Å²) in [5.41, 5.74) is 0.439. The normalized spacial score (nSPS) is 12.2. The summed E-state index contributed by atoms with van der Waals surface area (Å²) in [6.07, 6.45) is 2.54. The number of aliphatic hydroxyl groups excluding tert-OH is 1. The molecule has 0 atom stereocenters. The quantitative estimate of drug-likeness (QED) is 0.498. The van der Waals surface area contributed by atoms with Crippen molar-refractivity contribution in [3.05, 3.63) is 11.1 Å². The molecule has 0 fully saturated rings. The van der Waals surface area contributed by atoms with Gasteiger partial charge in [0.05, 0.1) is 0 Å². The Morgan fingerprint density at radius 1 is 1.00 bits per heavy atom. The van der Waals surface area contributed by atoms with E-state index in [-0.39, 0.29) is 18.0 Å². The lowest BCUT2D eigenvalue weighted by Gasteiger charge is -2.03. The fraction of sp³-hybridized carbons (Fsp3) is 0.636. The van der Waals surface area contributed by atoms with E-state index in [1.807, 2.05) is 0 Å². The van der Waals surface area contributed by atoms with Crippen molar-refractivity contribution in [1.82, 2.24) is 0 Å². The van der Waals surface area contributed by atoms with Gasteiger partial charge < -0.3 is 10.2 Å². The van der Waals surface area contributed by atoms with Crippen LogP contribution in [-0.4, -0.2) is 28.6 Å². The molecule has 0 heterocycles. The molecule has 0 aliphatic heterocycles. The molecular formula is C11H18O4. The molecule has 0 saturated heterocycles. The van der Waals surface area contributed by atoms with E-state index in [0.29, 0.717) is 24.8 Å². The number of carbonyl (C=O) groups is 2. The average molecular weight is 214 g/mol. The average Bonchev–Trinajstić information content (AvgIpc) is 2.21. The minimum atomic E-state index is -1.05. The van der Waals surface area contributed by atoms with Crippen LogP contribution < -0.4 is 0 Å². The van der Waals surface area contributed by atoms with E-state index in [9.17, 15) is 9.59 Å². The second-order valence-corrected chi connectivity index (χ2v) is 3.51. The van der Waals surface area contributed by atoms with E-state index >= 15 is 0 Å². The summed E-state index contributed by atoms with van der Waals surface area (Å²) in [5, 5.41) is 17.2. The summed E-state index contributed by atoms with van der Waals surface area (Å²) < 4.78 is 0. The van der Waals surface area contributed by atoms with Gasteiger partial charge in [-0.05, 0) is 26.7 Å². The predicted molar refractivity (Wildman–Crippen MR) is 56.6 cm³/mol. The molecule has 0 rings (SSSR count). The Bertz CT molecular complexity index is 266. The van der Waals surface area contributed by atoms with E-state index in [2.05, 4.69) is 0 Å². The molecule has 15 heavy (non-hydrogen) atoms. The number of Topliss-reactive ketones (excluding diaryl/α,β-unsaturated/α-hetero) is 1. The van der Waals surface area contributed by atoms with Gasteiger partial charge in [-0.15, -0.1) is 0 Å². The molecule has 0 aromatic rings. The third kappa shape index (κ3) is 5.32. The molecule has 0 radical (unpaired) electrons. The first-order chi connectivity index (χ1) is 7.00. The topological polar surface area (TPSA) is 74.6 Å². The maximum Gasteiger partial charge on any atom is 0.331 e. The monoisotopic (exact) mass is 214 g/mol. The van der Waals surface area contributed by atoms with Gasteiger partial charge in [0, 0.05) is 24.2 Å². The molecule has 0 saturated carbocycles. The standard InChI is InChI=1S/C11H18O4/c1-8(9(2)11(14)15)10(13)6-4-3-5-7-12/h12H,3-7H2,1-2H3,(H,14,15). The molecule has 4 heteroatoms. The van der Waals surface area contributed by atoms with Gasteiger partial charge in [-0.1, -0.05) is 6.42 Å². The number of unbranched alkanes of at least 4 members (excludes halogenated alkanes) is 2. The van der Waals surface area contributed by atoms with Gasteiger partial charge in [0.15, 0.2) is 5.78 Å². The predicted octanol–water partition coefficient (Wildman–Crippen LogP) is 1.53. The van der Waals surface area contributed by atoms with Gasteiger partial charge in [0.1, 0.15) is 0 Å². The number of hydrogen-bond donors (Lipinski definition) is 2. The second-order valence-electron chi connectivity index (χ2n) is 3.51. The molecule has 0 unspecified atom stereocenters. The first-order valence-corrected chi connectivity index (χ1v) is 5.05. The van der Waals surface area contributed by atoms with Gasteiger partial charge in [0.25, 0.3) is 0 Å². The highest BCUT2D eigenvalue weighted by atomic mass is 16.4. The first-order valence-electron chi connectivity index (χ1n) is 5.05. The smallest absolute Gasteiger partial charge is 0.331 e. The number of carbonyl (C=O) groups excluding carboxylic acids is 1. The van der Waals surface area contributed by atoms with Crippen LogP contribution in [0.4, 0.5) is 0 Å². The van der Waals surface area contributed by atoms with Crippen molar-refractivity contribution in [2.45, 2.75) is 39.5 Å². The van der Waals surface area contributed by atoms with Gasteiger partial charge in [-0.25, -0.2) is 4.79 Å². The minimum Gasteiger partial charge on any atom is -0.478 e. The molecule has 0 aromatic carbocycles. The zero-order valence-electron chi connectivity index (χ0n) is 9.25. The van der Waals surface area contributed by atoms with Crippen LogP contribution in [0.1, 0.15) is 39.5 Å². The van der Waals surface area contributed by atoms with Crippen molar-refractivity contribution < 1.29 is 19.8 Å². The Morgan fingerprint density at radius 3 is 2.07 bits per heavy atom. The Balaban J connectivity index is 4.11. The number of aliphatic hydroxyl groups is 1. The first kappa shape index (κ1) is 13.8. The summed E-state index contributed by atoms with van der Waals surface area (Å²) in [6, 6.07) is 0. The number of hydrogen-bond acceptors (Lipinski definition) is 3. The van der Waals surface area contributed by atoms with Crippen LogP contribution in [0.25, 0.3) is 0 Å². The lowest BCUT2D eigenvalue weighted by Crippen LogP contribution is -2.07. The van der Waals surface area contributed by atoms with E-state index in [0.717, 1.165) is 6.42 Å². The lowest BCUT2D eigenvalue weighted by molar-refractivity contribution is -0.133. The number of rotatable bonds is 7. The Morgan fingerprint density at radius 2 is 1.60 bits per heavy atom. The van der Waals surface area contributed by atoms with Crippen LogP contribution >= 0.6 is 0 Å². The van der Waals surface area contributed by atoms with Gasteiger partial charge in [-0.3, -0.25) is 4.79 Å². The van der Waals surface area contributed by atoms with Crippen LogP contribution in [0.3, 0.4) is 0 Å². The molecule has 4 nitrogen and oxygen atoms in total. The molecule has 0 aliphatic rings. The number of carboxylic acids is 1. The van der Waals surface area contributed by atoms with Crippen LogP contribution in [0.15, 0.2) is 11.1 Å². The maximum atomic E-state index is 11.5. The SMILES string of the molecule is CC(C(=O)O)=C(C)C(=O)CCCCCO. The summed E-state index contributed by atoms with van der Waals surface area (Å²) in [5.74, 6) is -1.16. The third-order valence-corrected chi connectivity index (χ3v) is 2.36. The zero-order chi connectivity index (χ0) is 11.8. The number of allylic oxidation sites excluding steroid dienone is 1. The summed E-state index contributed by atoms with van der Waals surface area (Å²) >= 11 is 0. The van der Waals surface area contributed by atoms with E-state index in [4.69, 9.17) is 10.2 Å². The maximum absolute atomic E-state index is 11.5. The van der Waals surface area contributed by atoms with Gasteiger partial charge in [-0.2, -0.15) is 0 Å². The Kier molecular flexibility index (Phi) is 6.62.